The van der Waals surface area contributed by atoms with E-state index in [-0.39, 0.29) is 5.95 Å². The van der Waals surface area contributed by atoms with Crippen molar-refractivity contribution in [3.63, 3.8) is 0 Å². The molecule has 0 saturated heterocycles. The van der Waals surface area contributed by atoms with Crippen LogP contribution in [0.25, 0.3) is 0 Å². The second kappa shape index (κ2) is 9.36. The molecule has 0 radical (unpaired) electrons. The van der Waals surface area contributed by atoms with E-state index in [0.29, 0.717) is 35.1 Å². The van der Waals surface area contributed by atoms with E-state index in [4.69, 9.17) is 10.2 Å². The van der Waals surface area contributed by atoms with Gasteiger partial charge in [0.2, 0.25) is 17.8 Å². The van der Waals surface area contributed by atoms with E-state index in [1.165, 1.54) is 17.3 Å². The number of nitrogens with one attached hydrogen (secondary N) is 1. The molecular formula is C21H21N7OS. The second-order valence-corrected chi connectivity index (χ2v) is 7.41. The summed E-state index contributed by atoms with van der Waals surface area (Å²) in [7, 11) is 0. The molecule has 4 rings (SSSR count). The lowest BCUT2D eigenvalue weighted by atomic mass is 10.1. The number of para-hydroxylation sites is 1. The predicted octanol–water partition coefficient (Wildman–Crippen LogP) is 4.03. The maximum atomic E-state index is 5.88. The summed E-state index contributed by atoms with van der Waals surface area (Å²) < 4.78 is 5.72. The number of nitrogen functional groups attached to an aromatic ring is 1. The minimum Gasteiger partial charge on any atom is -0.416 e. The number of aryl methyl sites for hydroxylation is 1. The molecule has 0 fully saturated rings. The fraction of sp³-hybridized carbons (Fsp3) is 0.190. The summed E-state index contributed by atoms with van der Waals surface area (Å²) in [5.74, 6) is 2.11. The van der Waals surface area contributed by atoms with Crippen molar-refractivity contribution in [2.75, 3.05) is 11.1 Å². The highest BCUT2D eigenvalue weighted by atomic mass is 32.2. The molecule has 0 spiro atoms. The van der Waals surface area contributed by atoms with Gasteiger partial charge in [0, 0.05) is 5.69 Å². The van der Waals surface area contributed by atoms with Gasteiger partial charge in [-0.1, -0.05) is 67.2 Å². The van der Waals surface area contributed by atoms with E-state index in [0.717, 1.165) is 17.7 Å². The average molecular weight is 420 g/mol. The van der Waals surface area contributed by atoms with Crippen LogP contribution in [0.1, 0.15) is 29.8 Å². The monoisotopic (exact) mass is 419 g/mol. The molecule has 0 unspecified atom stereocenters. The second-order valence-electron chi connectivity index (χ2n) is 6.48. The van der Waals surface area contributed by atoms with Crippen molar-refractivity contribution in [2.45, 2.75) is 30.7 Å². The lowest BCUT2D eigenvalue weighted by molar-refractivity contribution is 0.420. The van der Waals surface area contributed by atoms with E-state index < -0.39 is 0 Å². The van der Waals surface area contributed by atoms with Gasteiger partial charge in [-0.05, 0) is 23.6 Å². The van der Waals surface area contributed by atoms with Gasteiger partial charge in [0.25, 0.3) is 5.22 Å². The summed E-state index contributed by atoms with van der Waals surface area (Å²) in [5, 5.41) is 11.9. The Labute approximate surface area is 178 Å². The van der Waals surface area contributed by atoms with E-state index in [1.54, 1.807) is 0 Å². The van der Waals surface area contributed by atoms with E-state index in [9.17, 15) is 0 Å². The first-order chi connectivity index (χ1) is 14.7. The van der Waals surface area contributed by atoms with Gasteiger partial charge >= 0.3 is 0 Å². The Kier molecular flexibility index (Phi) is 6.19. The zero-order chi connectivity index (χ0) is 20.8. The Bertz CT molecular complexity index is 1120. The van der Waals surface area contributed by atoms with Crippen LogP contribution in [0.2, 0.25) is 0 Å². The SMILES string of the molecule is CCc1ccccc1Nc1nc(N)nc(CSc2nnc(Cc3ccccc3)o2)n1. The molecule has 9 heteroatoms. The number of aromatic nitrogens is 5. The maximum absolute atomic E-state index is 5.88. The van der Waals surface area contributed by atoms with Crippen molar-refractivity contribution in [1.82, 2.24) is 25.1 Å². The smallest absolute Gasteiger partial charge is 0.277 e. The molecule has 152 valence electrons. The molecule has 3 N–H and O–H groups in total. The van der Waals surface area contributed by atoms with Gasteiger partial charge in [-0.15, -0.1) is 10.2 Å². The summed E-state index contributed by atoms with van der Waals surface area (Å²) in [6.07, 6.45) is 1.49. The highest BCUT2D eigenvalue weighted by Crippen LogP contribution is 2.23. The third kappa shape index (κ3) is 5.12. The van der Waals surface area contributed by atoms with Gasteiger partial charge in [-0.2, -0.15) is 15.0 Å². The largest absolute Gasteiger partial charge is 0.416 e. The third-order valence-electron chi connectivity index (χ3n) is 4.31. The van der Waals surface area contributed by atoms with Crippen LogP contribution in [0.4, 0.5) is 17.6 Å². The summed E-state index contributed by atoms with van der Waals surface area (Å²) in [6.45, 7) is 2.10. The number of hydrogen-bond acceptors (Lipinski definition) is 9. The molecule has 0 aliphatic carbocycles. The van der Waals surface area contributed by atoms with Crippen molar-refractivity contribution >= 4 is 29.3 Å². The Hall–Kier alpha value is -3.46. The molecule has 2 heterocycles. The predicted molar refractivity (Wildman–Crippen MR) is 116 cm³/mol. The molecule has 0 aliphatic rings. The topological polar surface area (TPSA) is 116 Å². The fourth-order valence-electron chi connectivity index (χ4n) is 2.89. The molecular weight excluding hydrogens is 398 g/mol. The number of hydrogen-bond donors (Lipinski definition) is 2. The van der Waals surface area contributed by atoms with Crippen LogP contribution >= 0.6 is 11.8 Å². The molecule has 0 atom stereocenters. The number of rotatable bonds is 8. The van der Waals surface area contributed by atoms with Crippen LogP contribution in [-0.2, 0) is 18.6 Å². The van der Waals surface area contributed by atoms with Gasteiger partial charge in [-0.25, -0.2) is 0 Å². The Morgan fingerprint density at radius 2 is 1.77 bits per heavy atom. The van der Waals surface area contributed by atoms with E-state index in [1.807, 2.05) is 48.5 Å². The molecule has 8 nitrogen and oxygen atoms in total. The number of thioether (sulfide) groups is 1. The van der Waals surface area contributed by atoms with Crippen molar-refractivity contribution < 1.29 is 4.42 Å². The fourth-order valence-corrected chi connectivity index (χ4v) is 3.53. The Morgan fingerprint density at radius 1 is 0.967 bits per heavy atom. The zero-order valence-corrected chi connectivity index (χ0v) is 17.3. The summed E-state index contributed by atoms with van der Waals surface area (Å²) in [4.78, 5) is 12.9. The van der Waals surface area contributed by atoms with Gasteiger partial charge in [-0.3, -0.25) is 0 Å². The quantitative estimate of drug-likeness (QED) is 0.408. The van der Waals surface area contributed by atoms with Crippen LogP contribution in [0, 0.1) is 0 Å². The first-order valence-electron chi connectivity index (χ1n) is 9.54. The standard InChI is InChI=1S/C21H21N7OS/c1-2-15-10-6-7-11-16(15)23-20-25-17(24-19(22)26-20)13-30-21-28-27-18(29-21)12-14-8-4-3-5-9-14/h3-11H,2,12-13H2,1H3,(H3,22,23,24,25,26). The first kappa shape index (κ1) is 19.8. The van der Waals surface area contributed by atoms with Crippen LogP contribution in [0.15, 0.2) is 64.2 Å². The van der Waals surface area contributed by atoms with Gasteiger partial charge < -0.3 is 15.5 Å². The minimum atomic E-state index is 0.160. The highest BCUT2D eigenvalue weighted by Gasteiger charge is 2.11. The van der Waals surface area contributed by atoms with Crippen LogP contribution in [0.5, 0.6) is 0 Å². The summed E-state index contributed by atoms with van der Waals surface area (Å²) >= 11 is 1.36. The molecule has 0 aliphatic heterocycles. The van der Waals surface area contributed by atoms with E-state index >= 15 is 0 Å². The average Bonchev–Trinajstić information content (AvgIpc) is 3.20. The Morgan fingerprint density at radius 3 is 2.60 bits per heavy atom. The molecule has 30 heavy (non-hydrogen) atoms. The van der Waals surface area contributed by atoms with Crippen LogP contribution < -0.4 is 11.1 Å². The van der Waals surface area contributed by atoms with Gasteiger partial charge in [0.15, 0.2) is 0 Å². The molecule has 4 aromatic rings. The normalized spacial score (nSPS) is 10.8. The van der Waals surface area contributed by atoms with Crippen molar-refractivity contribution in [3.8, 4) is 0 Å². The molecule has 2 aromatic heterocycles. The number of anilines is 3. The summed E-state index contributed by atoms with van der Waals surface area (Å²) in [6, 6.07) is 18.0. The third-order valence-corrected chi connectivity index (χ3v) is 5.13. The lowest BCUT2D eigenvalue weighted by Crippen LogP contribution is -2.07. The van der Waals surface area contributed by atoms with Gasteiger partial charge in [0.05, 0.1) is 12.2 Å². The maximum Gasteiger partial charge on any atom is 0.277 e. The zero-order valence-electron chi connectivity index (χ0n) is 16.4. The first-order valence-corrected chi connectivity index (χ1v) is 10.5. The van der Waals surface area contributed by atoms with E-state index in [2.05, 4.69) is 43.5 Å². The molecule has 0 amide bonds. The van der Waals surface area contributed by atoms with Crippen LogP contribution in [0.3, 0.4) is 0 Å². The highest BCUT2D eigenvalue weighted by molar-refractivity contribution is 7.98. The number of benzene rings is 2. The summed E-state index contributed by atoms with van der Waals surface area (Å²) in [5.41, 5.74) is 9.12. The molecule has 0 saturated carbocycles. The van der Waals surface area contributed by atoms with Crippen molar-refractivity contribution in [2.24, 2.45) is 0 Å². The van der Waals surface area contributed by atoms with Gasteiger partial charge in [0.1, 0.15) is 5.82 Å². The molecule has 2 aromatic carbocycles. The van der Waals surface area contributed by atoms with Crippen molar-refractivity contribution in [3.05, 3.63) is 77.4 Å². The lowest BCUT2D eigenvalue weighted by Gasteiger charge is -2.10. The molecule has 0 bridgehead atoms. The number of nitrogens with zero attached hydrogens (tertiary/aromatic N) is 5. The number of nitrogens with two attached hydrogens (primary N) is 1. The van der Waals surface area contributed by atoms with Crippen LogP contribution in [-0.4, -0.2) is 25.1 Å². The Balaban J connectivity index is 1.41. The minimum absolute atomic E-state index is 0.160. The van der Waals surface area contributed by atoms with Crippen molar-refractivity contribution in [1.29, 1.82) is 0 Å².